The Morgan fingerprint density at radius 2 is 1.47 bits per heavy atom. The summed E-state index contributed by atoms with van der Waals surface area (Å²) in [5.74, 6) is 0. The van der Waals surface area contributed by atoms with E-state index in [9.17, 15) is 8.42 Å². The predicted molar refractivity (Wildman–Crippen MR) is 80.8 cm³/mol. The third-order valence-electron chi connectivity index (χ3n) is 2.45. The van der Waals surface area contributed by atoms with Crippen molar-refractivity contribution in [3.05, 3.63) is 41.8 Å². The molecule has 0 atom stereocenters. The van der Waals surface area contributed by atoms with Crippen molar-refractivity contribution in [3.8, 4) is 19.5 Å². The summed E-state index contributed by atoms with van der Waals surface area (Å²) in [7, 11) is -4.10. The van der Waals surface area contributed by atoms with Crippen LogP contribution in [-0.2, 0) is 10.1 Å². The van der Waals surface area contributed by atoms with E-state index in [0.29, 0.717) is 0 Å². The third kappa shape index (κ3) is 2.65. The van der Waals surface area contributed by atoms with Crippen molar-refractivity contribution in [3.63, 3.8) is 0 Å². The fraction of sp³-hybridized carbons (Fsp3) is 0. The first-order valence-corrected chi connectivity index (χ1v) is 9.21. The van der Waals surface area contributed by atoms with E-state index in [1.807, 2.05) is 23.6 Å². The van der Waals surface area contributed by atoms with Crippen LogP contribution in [0.3, 0.4) is 0 Å². The standard InChI is InChI=1S/C12H8O3S4/c13-19(14,15)12-6-5-11(18-12)10-4-3-9(17-10)8-2-1-7-16-8/h1-7H,(H,13,14,15). The van der Waals surface area contributed by atoms with Gasteiger partial charge in [0.25, 0.3) is 0 Å². The third-order valence-corrected chi connectivity index (χ3v) is 7.20. The average molecular weight is 328 g/mol. The van der Waals surface area contributed by atoms with Crippen molar-refractivity contribution >= 4 is 44.1 Å². The highest BCUT2D eigenvalue weighted by Gasteiger charge is 2.14. The summed E-state index contributed by atoms with van der Waals surface area (Å²) in [6, 6.07) is 11.2. The lowest BCUT2D eigenvalue weighted by atomic mass is 10.3. The van der Waals surface area contributed by atoms with E-state index in [1.54, 1.807) is 28.7 Å². The quantitative estimate of drug-likeness (QED) is 0.723. The van der Waals surface area contributed by atoms with Gasteiger partial charge in [0.15, 0.2) is 0 Å². The van der Waals surface area contributed by atoms with E-state index >= 15 is 0 Å². The lowest BCUT2D eigenvalue weighted by Crippen LogP contribution is -1.92. The Bertz CT molecular complexity index is 794. The smallest absolute Gasteiger partial charge is 0.281 e. The van der Waals surface area contributed by atoms with Gasteiger partial charge in [-0.2, -0.15) is 8.42 Å². The zero-order chi connectivity index (χ0) is 13.5. The van der Waals surface area contributed by atoms with Gasteiger partial charge in [0.05, 0.1) is 0 Å². The van der Waals surface area contributed by atoms with Crippen molar-refractivity contribution in [2.75, 3.05) is 0 Å². The van der Waals surface area contributed by atoms with Crippen LogP contribution in [0.4, 0.5) is 0 Å². The molecular weight excluding hydrogens is 320 g/mol. The Kier molecular flexibility index (Phi) is 3.32. The minimum atomic E-state index is -4.10. The van der Waals surface area contributed by atoms with Gasteiger partial charge in [-0.25, -0.2) is 0 Å². The summed E-state index contributed by atoms with van der Waals surface area (Å²) in [5.41, 5.74) is 0. The second-order valence-electron chi connectivity index (χ2n) is 3.73. The summed E-state index contributed by atoms with van der Waals surface area (Å²) >= 11 is 4.36. The Morgan fingerprint density at radius 1 is 0.842 bits per heavy atom. The highest BCUT2D eigenvalue weighted by atomic mass is 32.3. The molecule has 0 aliphatic rings. The van der Waals surface area contributed by atoms with Crippen LogP contribution in [0.5, 0.6) is 0 Å². The van der Waals surface area contributed by atoms with E-state index in [1.165, 1.54) is 10.9 Å². The summed E-state index contributed by atoms with van der Waals surface area (Å²) < 4.78 is 31.1. The molecular formula is C12H8O3S4. The minimum absolute atomic E-state index is 0.0198. The van der Waals surface area contributed by atoms with Crippen molar-refractivity contribution in [1.82, 2.24) is 0 Å². The summed E-state index contributed by atoms with van der Waals surface area (Å²) in [6.45, 7) is 0. The van der Waals surface area contributed by atoms with E-state index < -0.39 is 10.1 Å². The van der Waals surface area contributed by atoms with E-state index in [4.69, 9.17) is 4.55 Å². The van der Waals surface area contributed by atoms with E-state index in [0.717, 1.165) is 26.0 Å². The summed E-state index contributed by atoms with van der Waals surface area (Å²) in [6.07, 6.45) is 0. The van der Waals surface area contributed by atoms with Gasteiger partial charge in [-0.3, -0.25) is 4.55 Å². The van der Waals surface area contributed by atoms with Crippen LogP contribution >= 0.6 is 34.0 Å². The van der Waals surface area contributed by atoms with Gasteiger partial charge >= 0.3 is 10.1 Å². The fourth-order valence-electron chi connectivity index (χ4n) is 1.61. The van der Waals surface area contributed by atoms with Gasteiger partial charge in [-0.15, -0.1) is 34.0 Å². The number of rotatable bonds is 3. The molecule has 0 saturated carbocycles. The Balaban J connectivity index is 1.97. The minimum Gasteiger partial charge on any atom is -0.281 e. The molecule has 0 fully saturated rings. The maximum atomic E-state index is 11.0. The molecule has 3 aromatic heterocycles. The van der Waals surface area contributed by atoms with Crippen LogP contribution < -0.4 is 0 Å². The van der Waals surface area contributed by atoms with E-state index in [-0.39, 0.29) is 4.21 Å². The lowest BCUT2D eigenvalue weighted by molar-refractivity contribution is 0.485. The van der Waals surface area contributed by atoms with Crippen LogP contribution in [0.1, 0.15) is 0 Å². The molecule has 0 aliphatic carbocycles. The molecule has 3 heterocycles. The summed E-state index contributed by atoms with van der Waals surface area (Å²) in [4.78, 5) is 4.21. The highest BCUT2D eigenvalue weighted by molar-refractivity contribution is 7.88. The lowest BCUT2D eigenvalue weighted by Gasteiger charge is -1.91. The van der Waals surface area contributed by atoms with Crippen molar-refractivity contribution < 1.29 is 13.0 Å². The van der Waals surface area contributed by atoms with Gasteiger partial charge < -0.3 is 0 Å². The van der Waals surface area contributed by atoms with Gasteiger partial charge in [-0.05, 0) is 35.7 Å². The topological polar surface area (TPSA) is 54.4 Å². The Hall–Kier alpha value is -0.990. The molecule has 0 amide bonds. The van der Waals surface area contributed by atoms with E-state index in [2.05, 4.69) is 6.07 Å². The molecule has 3 aromatic rings. The second-order valence-corrected chi connectivity index (χ2v) is 8.50. The van der Waals surface area contributed by atoms with Crippen molar-refractivity contribution in [1.29, 1.82) is 0 Å². The molecule has 0 unspecified atom stereocenters. The Labute approximate surface area is 122 Å². The van der Waals surface area contributed by atoms with Crippen molar-refractivity contribution in [2.24, 2.45) is 0 Å². The SMILES string of the molecule is O=S(=O)(O)c1ccc(-c2ccc(-c3cccs3)s2)s1. The monoisotopic (exact) mass is 328 g/mol. The molecule has 0 saturated heterocycles. The zero-order valence-electron chi connectivity index (χ0n) is 9.44. The average Bonchev–Trinajstić information content (AvgIpc) is 3.10. The molecule has 0 radical (unpaired) electrons. The molecule has 19 heavy (non-hydrogen) atoms. The second kappa shape index (κ2) is 4.84. The van der Waals surface area contributed by atoms with Crippen molar-refractivity contribution in [2.45, 2.75) is 4.21 Å². The molecule has 1 N–H and O–H groups in total. The van der Waals surface area contributed by atoms with Crippen LogP contribution in [0.25, 0.3) is 19.5 Å². The molecule has 98 valence electrons. The molecule has 3 nitrogen and oxygen atoms in total. The van der Waals surface area contributed by atoms with Crippen LogP contribution in [0.15, 0.2) is 46.0 Å². The fourth-order valence-corrected chi connectivity index (χ4v) is 5.21. The Morgan fingerprint density at radius 3 is 2.05 bits per heavy atom. The van der Waals surface area contributed by atoms with Gasteiger partial charge in [-0.1, -0.05) is 6.07 Å². The molecule has 0 aliphatic heterocycles. The largest absolute Gasteiger partial charge is 0.304 e. The predicted octanol–water partition coefficient (Wildman–Crippen LogP) is 4.45. The van der Waals surface area contributed by atoms with Gasteiger partial charge in [0, 0.05) is 19.5 Å². The van der Waals surface area contributed by atoms with Gasteiger partial charge in [0.1, 0.15) is 4.21 Å². The molecule has 3 rings (SSSR count). The number of hydrogen-bond acceptors (Lipinski definition) is 5. The maximum Gasteiger partial charge on any atom is 0.304 e. The molecule has 0 bridgehead atoms. The molecule has 0 spiro atoms. The zero-order valence-corrected chi connectivity index (χ0v) is 12.7. The molecule has 0 aromatic carbocycles. The first-order chi connectivity index (χ1) is 9.04. The van der Waals surface area contributed by atoms with Crippen LogP contribution in [0.2, 0.25) is 0 Å². The van der Waals surface area contributed by atoms with Gasteiger partial charge in [0.2, 0.25) is 0 Å². The number of hydrogen-bond donors (Lipinski definition) is 1. The molecule has 7 heteroatoms. The first kappa shape index (κ1) is 13.0. The normalized spacial score (nSPS) is 11.8. The number of thiophene rings is 3. The maximum absolute atomic E-state index is 11.0. The summed E-state index contributed by atoms with van der Waals surface area (Å²) in [5, 5.41) is 2.02. The first-order valence-electron chi connectivity index (χ1n) is 5.25. The van der Waals surface area contributed by atoms with Crippen LogP contribution in [-0.4, -0.2) is 13.0 Å². The van der Waals surface area contributed by atoms with Crippen LogP contribution in [0, 0.1) is 0 Å². The highest BCUT2D eigenvalue weighted by Crippen LogP contribution is 2.39.